The smallest absolute Gasteiger partial charge is 0.231 e. The molecule has 2 aliphatic rings. The highest BCUT2D eigenvalue weighted by Gasteiger charge is 2.33. The summed E-state index contributed by atoms with van der Waals surface area (Å²) in [6.45, 7) is 9.13. The zero-order valence-corrected chi connectivity index (χ0v) is 21.3. The fourth-order valence-electron chi connectivity index (χ4n) is 4.97. The minimum atomic E-state index is -1.13. The predicted molar refractivity (Wildman–Crippen MR) is 132 cm³/mol. The van der Waals surface area contributed by atoms with Gasteiger partial charge in [-0.05, 0) is 94.0 Å². The highest BCUT2D eigenvalue weighted by atomic mass is 16.7. The third kappa shape index (κ3) is 4.43. The zero-order valence-electron chi connectivity index (χ0n) is 21.3. The van der Waals surface area contributed by atoms with Crippen LogP contribution in [0.15, 0.2) is 12.1 Å². The molecule has 2 aromatic rings. The van der Waals surface area contributed by atoms with Gasteiger partial charge in [0.1, 0.15) is 17.4 Å². The lowest BCUT2D eigenvalue weighted by molar-refractivity contribution is 0.112. The Morgan fingerprint density at radius 2 is 1.91 bits per heavy atom. The number of aryl methyl sites for hydroxylation is 1. The van der Waals surface area contributed by atoms with E-state index in [1.807, 2.05) is 13.1 Å². The predicted octanol–water partition coefficient (Wildman–Crippen LogP) is 4.27. The van der Waals surface area contributed by atoms with E-state index in [9.17, 15) is 5.11 Å². The molecular formula is C28H35NO5. The monoisotopic (exact) mass is 465 g/mol. The fraction of sp³-hybridized carbons (Fsp3) is 0.500. The summed E-state index contributed by atoms with van der Waals surface area (Å²) in [7, 11) is 5.40. The van der Waals surface area contributed by atoms with E-state index in [1.165, 1.54) is 16.7 Å². The molecule has 2 atom stereocenters. The van der Waals surface area contributed by atoms with Gasteiger partial charge in [0.05, 0.1) is 14.2 Å². The topological polar surface area (TPSA) is 60.4 Å². The van der Waals surface area contributed by atoms with Crippen molar-refractivity contribution in [2.45, 2.75) is 58.6 Å². The van der Waals surface area contributed by atoms with Crippen LogP contribution >= 0.6 is 0 Å². The summed E-state index contributed by atoms with van der Waals surface area (Å²) >= 11 is 0. The van der Waals surface area contributed by atoms with Gasteiger partial charge >= 0.3 is 0 Å². The van der Waals surface area contributed by atoms with E-state index in [0.29, 0.717) is 17.9 Å². The van der Waals surface area contributed by atoms with Gasteiger partial charge in [-0.2, -0.15) is 0 Å². The van der Waals surface area contributed by atoms with Crippen molar-refractivity contribution >= 4 is 0 Å². The third-order valence-electron chi connectivity index (χ3n) is 7.16. The van der Waals surface area contributed by atoms with Crippen LogP contribution in [0.1, 0.15) is 52.8 Å². The molecule has 182 valence electrons. The first-order valence-electron chi connectivity index (χ1n) is 11.7. The van der Waals surface area contributed by atoms with E-state index in [0.717, 1.165) is 47.6 Å². The van der Waals surface area contributed by atoms with E-state index in [1.54, 1.807) is 21.1 Å². The van der Waals surface area contributed by atoms with Crippen molar-refractivity contribution < 1.29 is 24.1 Å². The van der Waals surface area contributed by atoms with Crippen LogP contribution in [0.2, 0.25) is 0 Å². The first-order chi connectivity index (χ1) is 16.2. The molecule has 0 saturated carbocycles. The lowest BCUT2D eigenvalue weighted by Gasteiger charge is -2.33. The van der Waals surface area contributed by atoms with E-state index < -0.39 is 5.60 Å². The van der Waals surface area contributed by atoms with Gasteiger partial charge in [-0.25, -0.2) is 0 Å². The van der Waals surface area contributed by atoms with Gasteiger partial charge in [-0.1, -0.05) is 11.8 Å². The van der Waals surface area contributed by atoms with Crippen molar-refractivity contribution in [1.82, 2.24) is 4.90 Å². The molecule has 2 aliphatic heterocycles. The van der Waals surface area contributed by atoms with Crippen LogP contribution in [0.3, 0.4) is 0 Å². The Hall–Kier alpha value is -2.88. The summed E-state index contributed by atoms with van der Waals surface area (Å²) in [5.74, 6) is 9.47. The Labute approximate surface area is 202 Å². The molecule has 1 N–H and O–H groups in total. The second-order valence-electron chi connectivity index (χ2n) is 9.52. The maximum absolute atomic E-state index is 11.2. The van der Waals surface area contributed by atoms with Crippen molar-refractivity contribution in [3.05, 3.63) is 45.5 Å². The Morgan fingerprint density at radius 3 is 2.62 bits per heavy atom. The van der Waals surface area contributed by atoms with Gasteiger partial charge in [0.25, 0.3) is 0 Å². The minimum absolute atomic E-state index is 0.194. The molecule has 6 nitrogen and oxygen atoms in total. The van der Waals surface area contributed by atoms with Gasteiger partial charge in [0.15, 0.2) is 11.5 Å². The lowest BCUT2D eigenvalue weighted by atomic mass is 9.88. The van der Waals surface area contributed by atoms with Gasteiger partial charge in [0.2, 0.25) is 12.5 Å². The van der Waals surface area contributed by atoms with Crippen LogP contribution in [0, 0.1) is 32.6 Å². The van der Waals surface area contributed by atoms with Crippen molar-refractivity contribution in [3.63, 3.8) is 0 Å². The number of methoxy groups -OCH3 is 2. The van der Waals surface area contributed by atoms with Crippen molar-refractivity contribution in [2.75, 3.05) is 34.6 Å². The summed E-state index contributed by atoms with van der Waals surface area (Å²) in [5.41, 5.74) is 5.79. The zero-order chi connectivity index (χ0) is 24.6. The number of hydrogen-bond acceptors (Lipinski definition) is 6. The molecule has 0 radical (unpaired) electrons. The SMILES string of the molecule is COc1cc(C)c(CCC(C)(O)C#CC2c3c(cc4c(c3OC)OCO4)CCN2C)c(C)c1C. The molecular weight excluding hydrogens is 430 g/mol. The molecule has 0 fully saturated rings. The number of nitrogens with zero attached hydrogens (tertiary/aromatic N) is 1. The molecule has 0 spiro atoms. The molecule has 0 saturated heterocycles. The van der Waals surface area contributed by atoms with Crippen molar-refractivity contribution in [3.8, 4) is 34.8 Å². The highest BCUT2D eigenvalue weighted by molar-refractivity contribution is 5.63. The van der Waals surface area contributed by atoms with Crippen LogP contribution in [-0.4, -0.2) is 50.2 Å². The Bertz CT molecular complexity index is 1160. The van der Waals surface area contributed by atoms with Gasteiger partial charge in [0, 0.05) is 12.1 Å². The van der Waals surface area contributed by atoms with Gasteiger partial charge in [-0.15, -0.1) is 0 Å². The summed E-state index contributed by atoms with van der Waals surface area (Å²) < 4.78 is 22.5. The second-order valence-corrected chi connectivity index (χ2v) is 9.52. The average molecular weight is 466 g/mol. The molecule has 2 unspecified atom stereocenters. The Morgan fingerprint density at radius 1 is 1.15 bits per heavy atom. The van der Waals surface area contributed by atoms with Crippen LogP contribution in [0.4, 0.5) is 0 Å². The van der Waals surface area contributed by atoms with Crippen LogP contribution in [0.25, 0.3) is 0 Å². The number of rotatable bonds is 5. The summed E-state index contributed by atoms with van der Waals surface area (Å²) in [6.07, 6.45) is 2.15. The number of hydrogen-bond donors (Lipinski definition) is 1. The molecule has 0 aromatic heterocycles. The molecule has 0 bridgehead atoms. The second kappa shape index (κ2) is 9.40. The molecule has 4 rings (SSSR count). The number of likely N-dealkylation sites (N-methyl/N-ethyl adjacent to an activating group) is 1. The van der Waals surface area contributed by atoms with E-state index in [4.69, 9.17) is 18.9 Å². The van der Waals surface area contributed by atoms with Crippen LogP contribution in [0.5, 0.6) is 23.0 Å². The molecule has 0 aliphatic carbocycles. The van der Waals surface area contributed by atoms with E-state index >= 15 is 0 Å². The molecule has 0 amide bonds. The summed E-state index contributed by atoms with van der Waals surface area (Å²) in [4.78, 5) is 2.19. The van der Waals surface area contributed by atoms with Crippen LogP contribution < -0.4 is 18.9 Å². The summed E-state index contributed by atoms with van der Waals surface area (Å²) in [6, 6.07) is 3.91. The lowest BCUT2D eigenvalue weighted by Crippen LogP contribution is -2.32. The Kier molecular flexibility index (Phi) is 6.71. The number of benzene rings is 2. The standard InChI is InChI=1S/C28H35NO5/c1-17-14-23(31-6)19(3)18(2)21(17)8-11-28(4,30)12-9-22-25-20(10-13-29(22)5)15-24-26(27(25)32-7)34-16-33-24/h14-15,22,30H,8,10-11,13,16H2,1-7H3. The van der Waals surface area contributed by atoms with Gasteiger partial charge in [-0.3, -0.25) is 4.90 Å². The molecule has 6 heteroatoms. The van der Waals surface area contributed by atoms with Crippen molar-refractivity contribution in [2.24, 2.45) is 0 Å². The number of ether oxygens (including phenoxy) is 4. The van der Waals surface area contributed by atoms with E-state index in [-0.39, 0.29) is 12.8 Å². The fourth-order valence-corrected chi connectivity index (χ4v) is 4.97. The molecule has 2 heterocycles. The van der Waals surface area contributed by atoms with E-state index in [2.05, 4.69) is 43.6 Å². The first-order valence-corrected chi connectivity index (χ1v) is 11.7. The average Bonchev–Trinajstić information content (AvgIpc) is 3.27. The number of aliphatic hydroxyl groups is 1. The van der Waals surface area contributed by atoms with Crippen LogP contribution in [-0.2, 0) is 12.8 Å². The maximum Gasteiger partial charge on any atom is 0.231 e. The molecule has 2 aromatic carbocycles. The highest BCUT2D eigenvalue weighted by Crippen LogP contribution is 2.49. The quantitative estimate of drug-likeness (QED) is 0.666. The Balaban J connectivity index is 1.61. The molecule has 34 heavy (non-hydrogen) atoms. The normalized spacial score (nSPS) is 18.5. The number of fused-ring (bicyclic) bond motifs is 2. The minimum Gasteiger partial charge on any atom is -0.496 e. The first kappa shape index (κ1) is 24.3. The van der Waals surface area contributed by atoms with Crippen molar-refractivity contribution in [1.29, 1.82) is 0 Å². The summed E-state index contributed by atoms with van der Waals surface area (Å²) in [5, 5.41) is 11.2. The van der Waals surface area contributed by atoms with Gasteiger partial charge < -0.3 is 24.1 Å². The largest absolute Gasteiger partial charge is 0.496 e. The third-order valence-corrected chi connectivity index (χ3v) is 7.16. The maximum atomic E-state index is 11.2.